The first kappa shape index (κ1) is 21.6. The molecule has 0 aromatic heterocycles. The lowest BCUT2D eigenvalue weighted by Gasteiger charge is -2.10. The van der Waals surface area contributed by atoms with Crippen molar-refractivity contribution in [1.82, 2.24) is 0 Å². The lowest BCUT2D eigenvalue weighted by Crippen LogP contribution is -2.16. The van der Waals surface area contributed by atoms with E-state index in [1.165, 1.54) is 12.3 Å². The van der Waals surface area contributed by atoms with Crippen LogP contribution in [0.1, 0.15) is 11.1 Å². The third-order valence-electron chi connectivity index (χ3n) is 3.90. The number of hydrogen-bond acceptors (Lipinski definition) is 4. The third kappa shape index (κ3) is 6.47. The summed E-state index contributed by atoms with van der Waals surface area (Å²) in [7, 11) is 0. The maximum absolute atomic E-state index is 13.8. The maximum Gasteiger partial charge on any atom is 0.265 e. The second-order valence-electron chi connectivity index (χ2n) is 6.13. The summed E-state index contributed by atoms with van der Waals surface area (Å²) in [6.45, 7) is -0.245. The van der Waals surface area contributed by atoms with Crippen LogP contribution in [0.4, 0.5) is 10.1 Å². The van der Waals surface area contributed by atoms with Crippen molar-refractivity contribution in [1.29, 1.82) is 0 Å². The summed E-state index contributed by atoms with van der Waals surface area (Å²) in [5.41, 5.74) is 1.54. The van der Waals surface area contributed by atoms with Crippen LogP contribution < -0.4 is 10.1 Å². The smallest absolute Gasteiger partial charge is 0.265 e. The standard InChI is InChI=1S/C22H17Cl2FN2O3/c23-17-5-8-19(9-6-17)27-22(28)14-30-26-12-16-11-18(24)7-10-21(16)29-13-15-3-1-2-4-20(15)25/h1-12H,13-14H2,(H,27,28). The molecule has 0 radical (unpaired) electrons. The molecule has 154 valence electrons. The number of benzene rings is 3. The van der Waals surface area contributed by atoms with E-state index in [1.54, 1.807) is 60.7 Å². The van der Waals surface area contributed by atoms with Gasteiger partial charge in [-0.2, -0.15) is 0 Å². The lowest BCUT2D eigenvalue weighted by molar-refractivity contribution is -0.120. The van der Waals surface area contributed by atoms with Crippen molar-refractivity contribution in [3.05, 3.63) is 93.7 Å². The first-order chi connectivity index (χ1) is 14.5. The SMILES string of the molecule is O=C(CON=Cc1cc(Cl)ccc1OCc1ccccc1F)Nc1ccc(Cl)cc1. The van der Waals surface area contributed by atoms with Crippen LogP contribution in [0.25, 0.3) is 0 Å². The molecule has 0 unspecified atom stereocenters. The summed E-state index contributed by atoms with van der Waals surface area (Å²) >= 11 is 11.8. The van der Waals surface area contributed by atoms with Crippen molar-refractivity contribution in [3.63, 3.8) is 0 Å². The molecule has 1 amide bonds. The molecule has 3 aromatic rings. The second kappa shape index (κ2) is 10.6. The van der Waals surface area contributed by atoms with E-state index in [2.05, 4.69) is 10.5 Å². The zero-order chi connectivity index (χ0) is 21.3. The number of carbonyl (C=O) groups is 1. The predicted octanol–water partition coefficient (Wildman–Crippen LogP) is 5.70. The Labute approximate surface area is 183 Å². The highest BCUT2D eigenvalue weighted by Gasteiger charge is 2.07. The molecule has 0 saturated carbocycles. The van der Waals surface area contributed by atoms with Gasteiger partial charge in [0.15, 0.2) is 6.61 Å². The van der Waals surface area contributed by atoms with Gasteiger partial charge in [-0.15, -0.1) is 0 Å². The number of halogens is 3. The van der Waals surface area contributed by atoms with Gasteiger partial charge in [-0.25, -0.2) is 4.39 Å². The van der Waals surface area contributed by atoms with Gasteiger partial charge >= 0.3 is 0 Å². The Bertz CT molecular complexity index is 1040. The molecule has 30 heavy (non-hydrogen) atoms. The van der Waals surface area contributed by atoms with Crippen LogP contribution in [0, 0.1) is 5.82 Å². The average Bonchev–Trinajstić information content (AvgIpc) is 2.73. The van der Waals surface area contributed by atoms with E-state index in [1.807, 2.05) is 0 Å². The molecule has 0 bridgehead atoms. The number of ether oxygens (including phenoxy) is 1. The zero-order valence-electron chi connectivity index (χ0n) is 15.6. The van der Waals surface area contributed by atoms with Gasteiger partial charge in [-0.1, -0.05) is 46.6 Å². The Morgan fingerprint density at radius 3 is 2.53 bits per heavy atom. The largest absolute Gasteiger partial charge is 0.488 e. The summed E-state index contributed by atoms with van der Waals surface area (Å²) in [4.78, 5) is 16.9. The van der Waals surface area contributed by atoms with Gasteiger partial charge in [-0.3, -0.25) is 4.79 Å². The maximum atomic E-state index is 13.8. The highest BCUT2D eigenvalue weighted by Crippen LogP contribution is 2.23. The van der Waals surface area contributed by atoms with E-state index in [4.69, 9.17) is 32.8 Å². The zero-order valence-corrected chi connectivity index (χ0v) is 17.2. The van der Waals surface area contributed by atoms with Gasteiger partial charge in [-0.05, 0) is 48.5 Å². The van der Waals surface area contributed by atoms with E-state index in [9.17, 15) is 9.18 Å². The predicted molar refractivity (Wildman–Crippen MR) is 116 cm³/mol. The highest BCUT2D eigenvalue weighted by atomic mass is 35.5. The molecule has 0 atom stereocenters. The molecule has 0 aliphatic heterocycles. The van der Waals surface area contributed by atoms with Crippen molar-refractivity contribution < 1.29 is 18.8 Å². The number of amides is 1. The Morgan fingerprint density at radius 2 is 1.77 bits per heavy atom. The molecule has 5 nitrogen and oxygen atoms in total. The molecule has 1 N–H and O–H groups in total. The highest BCUT2D eigenvalue weighted by molar-refractivity contribution is 6.31. The summed E-state index contributed by atoms with van der Waals surface area (Å²) in [6.07, 6.45) is 1.37. The Kier molecular flexibility index (Phi) is 7.65. The van der Waals surface area contributed by atoms with Gasteiger partial charge in [0.05, 0.1) is 6.21 Å². The van der Waals surface area contributed by atoms with Crippen molar-refractivity contribution in [2.45, 2.75) is 6.61 Å². The number of oxime groups is 1. The minimum atomic E-state index is -0.378. The van der Waals surface area contributed by atoms with Crippen molar-refractivity contribution in [3.8, 4) is 5.75 Å². The van der Waals surface area contributed by atoms with Crippen LogP contribution >= 0.6 is 23.2 Å². The molecular formula is C22H17Cl2FN2O3. The Hall–Kier alpha value is -3.09. The Balaban J connectivity index is 1.56. The first-order valence-corrected chi connectivity index (χ1v) is 9.63. The molecule has 0 spiro atoms. The summed E-state index contributed by atoms with van der Waals surface area (Å²) in [5.74, 6) is -0.283. The fourth-order valence-corrected chi connectivity index (χ4v) is 2.75. The van der Waals surface area contributed by atoms with Crippen LogP contribution in [-0.2, 0) is 16.2 Å². The fraction of sp³-hybridized carbons (Fsp3) is 0.0909. The first-order valence-electron chi connectivity index (χ1n) is 8.88. The molecule has 0 saturated heterocycles. The van der Waals surface area contributed by atoms with Crippen molar-refractivity contribution >= 4 is 41.0 Å². The molecular weight excluding hydrogens is 430 g/mol. The van der Waals surface area contributed by atoms with E-state index < -0.39 is 0 Å². The monoisotopic (exact) mass is 446 g/mol. The minimum absolute atomic E-state index is 0.0412. The van der Waals surface area contributed by atoms with Gasteiger partial charge in [0, 0.05) is 26.9 Å². The molecule has 8 heteroatoms. The number of nitrogens with zero attached hydrogens (tertiary/aromatic N) is 1. The van der Waals surface area contributed by atoms with Crippen LogP contribution in [0.15, 0.2) is 71.9 Å². The quantitative estimate of drug-likeness (QED) is 0.356. The van der Waals surface area contributed by atoms with Crippen LogP contribution in [0.2, 0.25) is 10.0 Å². The molecule has 3 aromatic carbocycles. The molecule has 3 rings (SSSR count). The topological polar surface area (TPSA) is 59.9 Å². The van der Waals surface area contributed by atoms with Crippen molar-refractivity contribution in [2.24, 2.45) is 5.16 Å². The number of rotatable bonds is 8. The second-order valence-corrected chi connectivity index (χ2v) is 7.00. The summed E-state index contributed by atoms with van der Waals surface area (Å²) in [6, 6.07) is 18.0. The Morgan fingerprint density at radius 1 is 1.03 bits per heavy atom. The number of anilines is 1. The van der Waals surface area contributed by atoms with E-state index in [-0.39, 0.29) is 24.9 Å². The fourth-order valence-electron chi connectivity index (χ4n) is 2.44. The molecule has 0 fully saturated rings. The van der Waals surface area contributed by atoms with Gasteiger partial charge in [0.25, 0.3) is 5.91 Å². The third-order valence-corrected chi connectivity index (χ3v) is 4.39. The van der Waals surface area contributed by atoms with Gasteiger partial charge in [0.1, 0.15) is 18.2 Å². The molecule has 0 heterocycles. The van der Waals surface area contributed by atoms with E-state index in [0.717, 1.165) is 0 Å². The van der Waals surface area contributed by atoms with Crippen LogP contribution in [0.3, 0.4) is 0 Å². The number of hydrogen-bond donors (Lipinski definition) is 1. The molecule has 0 aliphatic rings. The van der Waals surface area contributed by atoms with Gasteiger partial charge in [0.2, 0.25) is 0 Å². The van der Waals surface area contributed by atoms with Crippen molar-refractivity contribution in [2.75, 3.05) is 11.9 Å². The normalized spacial score (nSPS) is 10.8. The summed E-state index contributed by atoms with van der Waals surface area (Å²) < 4.78 is 19.5. The number of nitrogens with one attached hydrogen (secondary N) is 1. The summed E-state index contributed by atoms with van der Waals surface area (Å²) in [5, 5.41) is 7.49. The van der Waals surface area contributed by atoms with Gasteiger partial charge < -0.3 is 14.9 Å². The van der Waals surface area contributed by atoms with E-state index >= 15 is 0 Å². The average molecular weight is 447 g/mol. The van der Waals surface area contributed by atoms with Crippen LogP contribution in [-0.4, -0.2) is 18.7 Å². The van der Waals surface area contributed by atoms with E-state index in [0.29, 0.717) is 32.6 Å². The van der Waals surface area contributed by atoms with Crippen LogP contribution in [0.5, 0.6) is 5.75 Å². The minimum Gasteiger partial charge on any atom is -0.488 e. The number of carbonyl (C=O) groups excluding carboxylic acids is 1. The lowest BCUT2D eigenvalue weighted by atomic mass is 10.2. The molecule has 0 aliphatic carbocycles.